The Morgan fingerprint density at radius 3 is 2.50 bits per heavy atom. The minimum atomic E-state index is -0.551. The SMILES string of the molecule is CC(CC(C)C(=O)Nc1cc(Br)ccc1N)NC(=O)OC(C)(C)C. The first-order chi connectivity index (χ1) is 11.0. The highest BCUT2D eigenvalue weighted by Crippen LogP contribution is 2.24. The maximum absolute atomic E-state index is 12.3. The highest BCUT2D eigenvalue weighted by Gasteiger charge is 2.21. The summed E-state index contributed by atoms with van der Waals surface area (Å²) in [7, 11) is 0. The molecule has 0 aromatic heterocycles. The Balaban J connectivity index is 2.54. The molecule has 0 aliphatic heterocycles. The molecule has 0 fully saturated rings. The van der Waals surface area contributed by atoms with Gasteiger partial charge >= 0.3 is 6.09 Å². The molecule has 1 rings (SSSR count). The number of benzene rings is 1. The van der Waals surface area contributed by atoms with E-state index in [-0.39, 0.29) is 17.9 Å². The quantitative estimate of drug-likeness (QED) is 0.654. The van der Waals surface area contributed by atoms with E-state index in [2.05, 4.69) is 26.6 Å². The van der Waals surface area contributed by atoms with Crippen molar-refractivity contribution in [3.63, 3.8) is 0 Å². The summed E-state index contributed by atoms with van der Waals surface area (Å²) in [5.74, 6) is -0.453. The minimum absolute atomic E-state index is 0.155. The van der Waals surface area contributed by atoms with Crippen molar-refractivity contribution < 1.29 is 14.3 Å². The average Bonchev–Trinajstić information content (AvgIpc) is 2.40. The normalized spacial score (nSPS) is 13.8. The van der Waals surface area contributed by atoms with Gasteiger partial charge in [0, 0.05) is 16.4 Å². The number of alkyl carbamates (subject to hydrolysis) is 1. The highest BCUT2D eigenvalue weighted by atomic mass is 79.9. The summed E-state index contributed by atoms with van der Waals surface area (Å²) in [5.41, 5.74) is 6.37. The number of amides is 2. The molecule has 6 nitrogen and oxygen atoms in total. The zero-order chi connectivity index (χ0) is 18.5. The second-order valence-corrected chi connectivity index (χ2v) is 7.82. The first-order valence-corrected chi connectivity index (χ1v) is 8.62. The van der Waals surface area contributed by atoms with E-state index in [4.69, 9.17) is 10.5 Å². The van der Waals surface area contributed by atoms with Gasteiger partial charge in [0.2, 0.25) is 5.91 Å². The molecule has 134 valence electrons. The summed E-state index contributed by atoms with van der Waals surface area (Å²) in [4.78, 5) is 24.0. The molecule has 2 amide bonds. The van der Waals surface area contributed by atoms with Crippen molar-refractivity contribution >= 4 is 39.3 Å². The number of carbonyl (C=O) groups is 2. The third-order valence-electron chi connectivity index (χ3n) is 3.19. The zero-order valence-electron chi connectivity index (χ0n) is 14.8. The van der Waals surface area contributed by atoms with Gasteiger partial charge in [0.15, 0.2) is 0 Å². The van der Waals surface area contributed by atoms with Crippen LogP contribution in [-0.2, 0) is 9.53 Å². The van der Waals surface area contributed by atoms with Crippen LogP contribution in [0.3, 0.4) is 0 Å². The van der Waals surface area contributed by atoms with Gasteiger partial charge in [-0.3, -0.25) is 4.79 Å². The lowest BCUT2D eigenvalue weighted by Gasteiger charge is -2.23. The number of nitrogen functional groups attached to an aromatic ring is 1. The van der Waals surface area contributed by atoms with Crippen LogP contribution in [0.5, 0.6) is 0 Å². The van der Waals surface area contributed by atoms with Crippen LogP contribution in [0.4, 0.5) is 16.2 Å². The largest absolute Gasteiger partial charge is 0.444 e. The van der Waals surface area contributed by atoms with Gasteiger partial charge in [-0.15, -0.1) is 0 Å². The number of halogens is 1. The Morgan fingerprint density at radius 1 is 1.29 bits per heavy atom. The number of nitrogens with two attached hydrogens (primary N) is 1. The lowest BCUT2D eigenvalue weighted by atomic mass is 10.0. The van der Waals surface area contributed by atoms with Gasteiger partial charge in [-0.05, 0) is 52.3 Å². The van der Waals surface area contributed by atoms with Crippen LogP contribution in [0.2, 0.25) is 0 Å². The predicted molar refractivity (Wildman–Crippen MR) is 99.8 cm³/mol. The molecule has 1 aromatic rings. The molecule has 2 unspecified atom stereocenters. The summed E-state index contributed by atoms with van der Waals surface area (Å²) in [6.45, 7) is 9.04. The second-order valence-electron chi connectivity index (χ2n) is 6.90. The van der Waals surface area contributed by atoms with E-state index >= 15 is 0 Å². The van der Waals surface area contributed by atoms with Crippen LogP contribution < -0.4 is 16.4 Å². The van der Waals surface area contributed by atoms with E-state index < -0.39 is 11.7 Å². The maximum Gasteiger partial charge on any atom is 0.407 e. The number of anilines is 2. The van der Waals surface area contributed by atoms with Crippen LogP contribution in [-0.4, -0.2) is 23.6 Å². The fourth-order valence-electron chi connectivity index (χ4n) is 2.10. The van der Waals surface area contributed by atoms with Gasteiger partial charge in [-0.2, -0.15) is 0 Å². The van der Waals surface area contributed by atoms with Gasteiger partial charge in [-0.1, -0.05) is 22.9 Å². The smallest absolute Gasteiger partial charge is 0.407 e. The van der Waals surface area contributed by atoms with E-state index in [0.717, 1.165) is 4.47 Å². The number of nitrogens with one attached hydrogen (secondary N) is 2. The van der Waals surface area contributed by atoms with Crippen LogP contribution in [0.15, 0.2) is 22.7 Å². The molecule has 4 N–H and O–H groups in total. The molecule has 1 aromatic carbocycles. The van der Waals surface area contributed by atoms with E-state index in [0.29, 0.717) is 17.8 Å². The van der Waals surface area contributed by atoms with E-state index in [1.165, 1.54) is 0 Å². The first kappa shape index (κ1) is 20.3. The standard InChI is InChI=1S/C17H26BrN3O3/c1-10(8-11(2)20-16(23)24-17(3,4)5)15(22)21-14-9-12(18)6-7-13(14)19/h6-7,9-11H,8,19H2,1-5H3,(H,20,23)(H,21,22). The second kappa shape index (κ2) is 8.37. The molecule has 7 heteroatoms. The number of hydrogen-bond donors (Lipinski definition) is 3. The van der Waals surface area contributed by atoms with Gasteiger partial charge in [-0.25, -0.2) is 4.79 Å². The van der Waals surface area contributed by atoms with E-state index in [1.807, 2.05) is 6.92 Å². The fraction of sp³-hybridized carbons (Fsp3) is 0.529. The average molecular weight is 400 g/mol. The molecule has 0 bridgehead atoms. The Labute approximate surface area is 151 Å². The summed E-state index contributed by atoms with van der Waals surface area (Å²) in [5, 5.41) is 5.54. The third-order valence-corrected chi connectivity index (χ3v) is 3.68. The van der Waals surface area contributed by atoms with Gasteiger partial charge < -0.3 is 21.1 Å². The molecule has 2 atom stereocenters. The predicted octanol–water partition coefficient (Wildman–Crippen LogP) is 3.91. The Bertz CT molecular complexity index is 599. The molecule has 24 heavy (non-hydrogen) atoms. The van der Waals surface area contributed by atoms with Crippen molar-refractivity contribution in [1.29, 1.82) is 0 Å². The highest BCUT2D eigenvalue weighted by molar-refractivity contribution is 9.10. The fourth-order valence-corrected chi connectivity index (χ4v) is 2.46. The van der Waals surface area contributed by atoms with Gasteiger partial charge in [0.25, 0.3) is 0 Å². The van der Waals surface area contributed by atoms with Crippen LogP contribution in [0, 0.1) is 5.92 Å². The molecule has 0 spiro atoms. The Hall–Kier alpha value is -1.76. The van der Waals surface area contributed by atoms with Crippen molar-refractivity contribution in [2.24, 2.45) is 5.92 Å². The Kier molecular flexibility index (Phi) is 7.08. The molecule has 0 saturated heterocycles. The van der Waals surface area contributed by atoms with Crippen molar-refractivity contribution in [2.75, 3.05) is 11.1 Å². The molecule has 0 saturated carbocycles. The first-order valence-electron chi connectivity index (χ1n) is 7.83. The topological polar surface area (TPSA) is 93.5 Å². The van der Waals surface area contributed by atoms with Crippen molar-refractivity contribution in [3.05, 3.63) is 22.7 Å². The third kappa shape index (κ3) is 7.21. The lowest BCUT2D eigenvalue weighted by Crippen LogP contribution is -2.39. The summed E-state index contributed by atoms with van der Waals surface area (Å²) in [6, 6.07) is 5.08. The van der Waals surface area contributed by atoms with Gasteiger partial charge in [0.1, 0.15) is 5.60 Å². The zero-order valence-corrected chi connectivity index (χ0v) is 16.4. The number of hydrogen-bond acceptors (Lipinski definition) is 4. The summed E-state index contributed by atoms with van der Waals surface area (Å²) in [6.07, 6.45) is -0.00208. The maximum atomic E-state index is 12.3. The van der Waals surface area contributed by atoms with Crippen LogP contribution >= 0.6 is 15.9 Å². The number of rotatable bonds is 5. The van der Waals surface area contributed by atoms with E-state index in [9.17, 15) is 9.59 Å². The molecule has 0 radical (unpaired) electrons. The molecular formula is C17H26BrN3O3. The molecule has 0 aliphatic carbocycles. The van der Waals surface area contributed by atoms with Crippen LogP contribution in [0.1, 0.15) is 41.0 Å². The lowest BCUT2D eigenvalue weighted by molar-refractivity contribution is -0.119. The minimum Gasteiger partial charge on any atom is -0.444 e. The van der Waals surface area contributed by atoms with Crippen molar-refractivity contribution in [2.45, 2.75) is 52.7 Å². The van der Waals surface area contributed by atoms with E-state index in [1.54, 1.807) is 45.9 Å². The number of ether oxygens (including phenoxy) is 1. The monoisotopic (exact) mass is 399 g/mol. The molecule has 0 heterocycles. The van der Waals surface area contributed by atoms with Gasteiger partial charge in [0.05, 0.1) is 11.4 Å². The molecule has 0 aliphatic rings. The van der Waals surface area contributed by atoms with Crippen molar-refractivity contribution in [3.8, 4) is 0 Å². The summed E-state index contributed by atoms with van der Waals surface area (Å²) >= 11 is 3.35. The number of carbonyl (C=O) groups excluding carboxylic acids is 2. The summed E-state index contributed by atoms with van der Waals surface area (Å²) < 4.78 is 6.04. The Morgan fingerprint density at radius 2 is 1.92 bits per heavy atom. The molecular weight excluding hydrogens is 374 g/mol. The van der Waals surface area contributed by atoms with Crippen LogP contribution in [0.25, 0.3) is 0 Å². The van der Waals surface area contributed by atoms with Crippen molar-refractivity contribution in [1.82, 2.24) is 5.32 Å².